The molecule has 3 aromatic carbocycles. The monoisotopic (exact) mass is 414 g/mol. The number of pyridine rings is 1. The number of aromatic hydroxyl groups is 1. The summed E-state index contributed by atoms with van der Waals surface area (Å²) in [6.45, 7) is 0. The van der Waals surface area contributed by atoms with E-state index in [2.05, 4.69) is 10.3 Å². The Kier molecular flexibility index (Phi) is 5.71. The van der Waals surface area contributed by atoms with E-state index >= 15 is 0 Å². The number of phenols is 1. The molecule has 31 heavy (non-hydrogen) atoms. The molecule has 156 valence electrons. The number of benzene rings is 3. The van der Waals surface area contributed by atoms with Crippen LogP contribution in [0.25, 0.3) is 10.9 Å². The van der Waals surface area contributed by atoms with Crippen molar-refractivity contribution < 1.29 is 19.4 Å². The summed E-state index contributed by atoms with van der Waals surface area (Å²) in [5.74, 6) is 0.884. The number of rotatable bonds is 6. The van der Waals surface area contributed by atoms with Gasteiger partial charge in [-0.05, 0) is 30.3 Å². The minimum absolute atomic E-state index is 0.00864. The third-order valence-corrected chi connectivity index (χ3v) is 5.15. The van der Waals surface area contributed by atoms with Gasteiger partial charge in [0.1, 0.15) is 22.8 Å². The first-order valence-electron chi connectivity index (χ1n) is 9.77. The molecule has 0 fully saturated rings. The van der Waals surface area contributed by atoms with Crippen LogP contribution in [0.1, 0.15) is 27.5 Å². The zero-order valence-corrected chi connectivity index (χ0v) is 17.2. The minimum Gasteiger partial charge on any atom is -0.505 e. The molecule has 0 saturated heterocycles. The molecule has 1 amide bonds. The van der Waals surface area contributed by atoms with Crippen molar-refractivity contribution >= 4 is 16.8 Å². The van der Waals surface area contributed by atoms with Crippen molar-refractivity contribution in [2.45, 2.75) is 6.04 Å². The van der Waals surface area contributed by atoms with E-state index in [1.807, 2.05) is 30.3 Å². The maximum atomic E-state index is 13.0. The normalized spacial score (nSPS) is 11.7. The van der Waals surface area contributed by atoms with Crippen molar-refractivity contribution in [2.75, 3.05) is 14.2 Å². The molecule has 0 unspecified atom stereocenters. The Hall–Kier alpha value is -4.06. The molecule has 0 bridgehead atoms. The lowest BCUT2D eigenvalue weighted by atomic mass is 9.95. The van der Waals surface area contributed by atoms with E-state index in [1.54, 1.807) is 62.9 Å². The highest BCUT2D eigenvalue weighted by molar-refractivity contribution is 5.95. The molecule has 0 radical (unpaired) electrons. The third kappa shape index (κ3) is 4.00. The average Bonchev–Trinajstić information content (AvgIpc) is 2.83. The molecule has 1 heterocycles. The number of hydrogen-bond donors (Lipinski definition) is 2. The number of aromatic nitrogens is 1. The molecule has 0 aliphatic rings. The van der Waals surface area contributed by atoms with Crippen molar-refractivity contribution in [1.29, 1.82) is 0 Å². The summed E-state index contributed by atoms with van der Waals surface area (Å²) in [5.41, 5.74) is 2.17. The number of carbonyl (C=O) groups excluding carboxylic acids is 1. The fraction of sp³-hybridized carbons (Fsp3) is 0.120. The Morgan fingerprint density at radius 3 is 2.45 bits per heavy atom. The van der Waals surface area contributed by atoms with Crippen LogP contribution in [0.3, 0.4) is 0 Å². The average molecular weight is 414 g/mol. The zero-order chi connectivity index (χ0) is 21.8. The number of fused-ring (bicyclic) bond motifs is 1. The van der Waals surface area contributed by atoms with Gasteiger partial charge in [-0.2, -0.15) is 0 Å². The molecule has 6 nitrogen and oxygen atoms in total. The van der Waals surface area contributed by atoms with Crippen LogP contribution >= 0.6 is 0 Å². The van der Waals surface area contributed by atoms with Crippen molar-refractivity contribution in [2.24, 2.45) is 0 Å². The van der Waals surface area contributed by atoms with Crippen molar-refractivity contribution in [3.8, 4) is 17.2 Å². The van der Waals surface area contributed by atoms with Gasteiger partial charge in [-0.15, -0.1) is 0 Å². The van der Waals surface area contributed by atoms with Crippen molar-refractivity contribution in [1.82, 2.24) is 10.3 Å². The lowest BCUT2D eigenvalue weighted by molar-refractivity contribution is 0.0942. The molecule has 6 heteroatoms. The van der Waals surface area contributed by atoms with E-state index in [-0.39, 0.29) is 11.7 Å². The molecule has 2 N–H and O–H groups in total. The lowest BCUT2D eigenvalue weighted by Gasteiger charge is -2.23. The zero-order valence-electron chi connectivity index (χ0n) is 17.2. The van der Waals surface area contributed by atoms with Gasteiger partial charge in [-0.1, -0.05) is 36.4 Å². The van der Waals surface area contributed by atoms with Gasteiger partial charge in [0.25, 0.3) is 5.91 Å². The molecule has 0 aliphatic heterocycles. The Morgan fingerprint density at radius 2 is 1.71 bits per heavy atom. The Morgan fingerprint density at radius 1 is 0.935 bits per heavy atom. The van der Waals surface area contributed by atoms with Crippen LogP contribution in [0.15, 0.2) is 79.0 Å². The summed E-state index contributed by atoms with van der Waals surface area (Å²) in [6, 6.07) is 20.9. The fourth-order valence-corrected chi connectivity index (χ4v) is 3.56. The summed E-state index contributed by atoms with van der Waals surface area (Å²) in [4.78, 5) is 17.3. The van der Waals surface area contributed by atoms with Gasteiger partial charge in [-0.25, -0.2) is 0 Å². The van der Waals surface area contributed by atoms with Crippen LogP contribution < -0.4 is 14.8 Å². The third-order valence-electron chi connectivity index (χ3n) is 5.15. The number of hydrogen-bond acceptors (Lipinski definition) is 5. The largest absolute Gasteiger partial charge is 0.505 e. The van der Waals surface area contributed by atoms with Crippen molar-refractivity contribution in [3.63, 3.8) is 0 Å². The van der Waals surface area contributed by atoms with E-state index < -0.39 is 6.04 Å². The van der Waals surface area contributed by atoms with Crippen LogP contribution in [0.4, 0.5) is 0 Å². The van der Waals surface area contributed by atoms with Gasteiger partial charge in [0.05, 0.1) is 20.3 Å². The predicted molar refractivity (Wildman–Crippen MR) is 119 cm³/mol. The minimum atomic E-state index is -0.681. The summed E-state index contributed by atoms with van der Waals surface area (Å²) in [5, 5.41) is 14.9. The number of phenolic OH excluding ortho intramolecular Hbond substituents is 1. The molecule has 4 rings (SSSR count). The van der Waals surface area contributed by atoms with Gasteiger partial charge < -0.3 is 19.9 Å². The van der Waals surface area contributed by atoms with Crippen molar-refractivity contribution in [3.05, 3.63) is 95.7 Å². The van der Waals surface area contributed by atoms with Gasteiger partial charge in [-0.3, -0.25) is 9.78 Å². The van der Waals surface area contributed by atoms with E-state index in [4.69, 9.17) is 9.47 Å². The molecular formula is C25H22N2O4. The molecule has 0 aliphatic carbocycles. The maximum absolute atomic E-state index is 13.0. The Labute approximate surface area is 180 Å². The second-order valence-electron chi connectivity index (χ2n) is 6.96. The van der Waals surface area contributed by atoms with Crippen LogP contribution in [0.2, 0.25) is 0 Å². The highest BCUT2D eigenvalue weighted by Crippen LogP contribution is 2.39. The molecule has 0 spiro atoms. The van der Waals surface area contributed by atoms with Crippen LogP contribution in [-0.2, 0) is 0 Å². The van der Waals surface area contributed by atoms with Crippen LogP contribution in [-0.4, -0.2) is 30.2 Å². The summed E-state index contributed by atoms with van der Waals surface area (Å²) in [6.07, 6.45) is 1.62. The highest BCUT2D eigenvalue weighted by Gasteiger charge is 2.25. The summed E-state index contributed by atoms with van der Waals surface area (Å²) < 4.78 is 10.9. The van der Waals surface area contributed by atoms with E-state index in [1.165, 1.54) is 0 Å². The summed E-state index contributed by atoms with van der Waals surface area (Å²) >= 11 is 0. The van der Waals surface area contributed by atoms with Gasteiger partial charge in [0, 0.05) is 34.3 Å². The van der Waals surface area contributed by atoms with E-state index in [0.717, 1.165) is 5.39 Å². The predicted octanol–water partition coefficient (Wildman–Crippen LogP) is 4.48. The number of methoxy groups -OCH3 is 2. The second kappa shape index (κ2) is 8.75. The quantitative estimate of drug-likeness (QED) is 0.486. The maximum Gasteiger partial charge on any atom is 0.252 e. The molecule has 0 saturated carbocycles. The number of nitrogens with one attached hydrogen (secondary N) is 1. The smallest absolute Gasteiger partial charge is 0.252 e. The standard InChI is InChI=1S/C25H22N2O4/c1-30-18-11-13-19(21(15-18)31-2)23(27-25(29)17-7-4-3-5-8-17)20-12-10-16-9-6-14-26-22(16)24(20)28/h3-15,23,28H,1-2H3,(H,27,29)/t23-/m1/s1. The number of amides is 1. The Bertz CT molecular complexity index is 1220. The molecule has 4 aromatic rings. The van der Waals surface area contributed by atoms with Gasteiger partial charge in [0.2, 0.25) is 0 Å². The fourth-order valence-electron chi connectivity index (χ4n) is 3.56. The van der Waals surface area contributed by atoms with E-state index in [0.29, 0.717) is 33.7 Å². The van der Waals surface area contributed by atoms with Crippen LogP contribution in [0.5, 0.6) is 17.2 Å². The molecule has 1 aromatic heterocycles. The second-order valence-corrected chi connectivity index (χ2v) is 6.96. The van der Waals surface area contributed by atoms with E-state index in [9.17, 15) is 9.90 Å². The number of carbonyl (C=O) groups is 1. The lowest BCUT2D eigenvalue weighted by Crippen LogP contribution is -2.29. The van der Waals surface area contributed by atoms with Gasteiger partial charge in [0.15, 0.2) is 0 Å². The Balaban J connectivity index is 1.86. The van der Waals surface area contributed by atoms with Gasteiger partial charge >= 0.3 is 0 Å². The first-order chi connectivity index (χ1) is 15.1. The summed E-state index contributed by atoms with van der Waals surface area (Å²) in [7, 11) is 3.13. The highest BCUT2D eigenvalue weighted by atomic mass is 16.5. The first kappa shape index (κ1) is 20.2. The number of ether oxygens (including phenoxy) is 2. The van der Waals surface area contributed by atoms with Crippen LogP contribution in [0, 0.1) is 0 Å². The number of nitrogens with zero attached hydrogens (tertiary/aromatic N) is 1. The SMILES string of the molecule is COc1ccc([C@@H](NC(=O)c2ccccc2)c2ccc3cccnc3c2O)c(OC)c1. The first-order valence-corrected chi connectivity index (χ1v) is 9.77. The topological polar surface area (TPSA) is 80.7 Å². The molecular weight excluding hydrogens is 392 g/mol. The molecule has 1 atom stereocenters.